The fraction of sp³-hybridized carbons (Fsp3) is 0.150. The number of aryl methyl sites for hydroxylation is 2. The standard InChI is InChI=1S/C20H18FN7O2/c1-26-16-17(24-19(26)25-23-11-13-6-8-22-9-7-13)27(2)20(30)28(18(16)29)12-14-4-3-5-15(21)10-14/h3-11H,12H2,1-2H3,(H,24,25)/b23-11+. The Balaban J connectivity index is 1.74. The van der Waals surface area contributed by atoms with E-state index < -0.39 is 17.1 Å². The number of rotatable bonds is 5. The highest BCUT2D eigenvalue weighted by atomic mass is 19.1. The van der Waals surface area contributed by atoms with Crippen molar-refractivity contribution in [3.05, 3.63) is 86.6 Å². The maximum absolute atomic E-state index is 13.5. The van der Waals surface area contributed by atoms with Gasteiger partial charge in [-0.1, -0.05) is 12.1 Å². The molecule has 0 spiro atoms. The Morgan fingerprint density at radius 3 is 2.63 bits per heavy atom. The van der Waals surface area contributed by atoms with Gasteiger partial charge < -0.3 is 4.57 Å². The smallest absolute Gasteiger partial charge is 0.306 e. The van der Waals surface area contributed by atoms with E-state index >= 15 is 0 Å². The fourth-order valence-electron chi connectivity index (χ4n) is 3.11. The number of hydrazone groups is 1. The van der Waals surface area contributed by atoms with E-state index in [1.165, 1.54) is 34.4 Å². The maximum Gasteiger partial charge on any atom is 0.332 e. The Kier molecular flexibility index (Phi) is 4.97. The third-order valence-electron chi connectivity index (χ3n) is 4.67. The van der Waals surface area contributed by atoms with E-state index in [0.29, 0.717) is 11.5 Å². The molecule has 3 heterocycles. The number of fused-ring (bicyclic) bond motifs is 1. The first-order chi connectivity index (χ1) is 14.5. The zero-order chi connectivity index (χ0) is 21.3. The lowest BCUT2D eigenvalue weighted by atomic mass is 10.2. The highest BCUT2D eigenvalue weighted by molar-refractivity contribution is 5.80. The van der Waals surface area contributed by atoms with Crippen LogP contribution >= 0.6 is 0 Å². The maximum atomic E-state index is 13.5. The van der Waals surface area contributed by atoms with Crippen LogP contribution in [0.15, 0.2) is 63.5 Å². The molecule has 152 valence electrons. The molecule has 0 radical (unpaired) electrons. The predicted octanol–water partition coefficient (Wildman–Crippen LogP) is 1.46. The summed E-state index contributed by atoms with van der Waals surface area (Å²) >= 11 is 0. The average Bonchev–Trinajstić information content (AvgIpc) is 3.07. The van der Waals surface area contributed by atoms with Gasteiger partial charge in [0, 0.05) is 26.5 Å². The van der Waals surface area contributed by atoms with Crippen LogP contribution in [0.2, 0.25) is 0 Å². The minimum absolute atomic E-state index is 0.0483. The molecule has 0 unspecified atom stereocenters. The van der Waals surface area contributed by atoms with Crippen LogP contribution in [-0.2, 0) is 20.6 Å². The molecule has 0 atom stereocenters. The lowest BCUT2D eigenvalue weighted by Gasteiger charge is -2.08. The lowest BCUT2D eigenvalue weighted by Crippen LogP contribution is -2.39. The van der Waals surface area contributed by atoms with Crippen molar-refractivity contribution in [1.82, 2.24) is 23.7 Å². The van der Waals surface area contributed by atoms with Gasteiger partial charge in [0.05, 0.1) is 12.8 Å². The van der Waals surface area contributed by atoms with E-state index in [0.717, 1.165) is 10.1 Å². The summed E-state index contributed by atoms with van der Waals surface area (Å²) in [7, 11) is 3.18. The number of pyridine rings is 1. The predicted molar refractivity (Wildman–Crippen MR) is 111 cm³/mol. The number of halogens is 1. The Bertz CT molecular complexity index is 1370. The normalized spacial score (nSPS) is 11.4. The number of imidazole rings is 1. The first kappa shape index (κ1) is 19.2. The van der Waals surface area contributed by atoms with Gasteiger partial charge in [-0.3, -0.25) is 18.9 Å². The van der Waals surface area contributed by atoms with Gasteiger partial charge in [-0.25, -0.2) is 14.6 Å². The molecule has 0 aliphatic carbocycles. The summed E-state index contributed by atoms with van der Waals surface area (Å²) < 4.78 is 17.4. The summed E-state index contributed by atoms with van der Waals surface area (Å²) in [6.45, 7) is -0.0483. The molecule has 30 heavy (non-hydrogen) atoms. The van der Waals surface area contributed by atoms with Crippen molar-refractivity contribution in [2.24, 2.45) is 19.2 Å². The van der Waals surface area contributed by atoms with Crippen molar-refractivity contribution < 1.29 is 4.39 Å². The molecule has 0 saturated heterocycles. The van der Waals surface area contributed by atoms with E-state index in [-0.39, 0.29) is 17.7 Å². The summed E-state index contributed by atoms with van der Waals surface area (Å²) in [6.07, 6.45) is 4.88. The molecule has 0 aliphatic heterocycles. The van der Waals surface area contributed by atoms with Gasteiger partial charge in [0.2, 0.25) is 5.95 Å². The van der Waals surface area contributed by atoms with Crippen LogP contribution in [0.3, 0.4) is 0 Å². The van der Waals surface area contributed by atoms with Crippen molar-refractivity contribution in [3.8, 4) is 0 Å². The van der Waals surface area contributed by atoms with Crippen LogP contribution in [0.25, 0.3) is 11.2 Å². The summed E-state index contributed by atoms with van der Waals surface area (Å²) in [6, 6.07) is 9.36. The zero-order valence-electron chi connectivity index (χ0n) is 16.3. The number of hydrogen-bond acceptors (Lipinski definition) is 6. The number of nitrogens with zero attached hydrogens (tertiary/aromatic N) is 6. The van der Waals surface area contributed by atoms with Crippen molar-refractivity contribution in [3.63, 3.8) is 0 Å². The average molecular weight is 407 g/mol. The highest BCUT2D eigenvalue weighted by Gasteiger charge is 2.18. The molecule has 0 fully saturated rings. The summed E-state index contributed by atoms with van der Waals surface area (Å²) in [4.78, 5) is 34.1. The van der Waals surface area contributed by atoms with E-state index in [4.69, 9.17) is 0 Å². The van der Waals surface area contributed by atoms with Crippen LogP contribution in [0.1, 0.15) is 11.1 Å². The quantitative estimate of drug-likeness (QED) is 0.399. The molecule has 0 saturated carbocycles. The van der Waals surface area contributed by atoms with E-state index in [2.05, 4.69) is 20.5 Å². The minimum atomic E-state index is -0.540. The van der Waals surface area contributed by atoms with E-state index in [1.807, 2.05) is 0 Å². The topological polar surface area (TPSA) is 99.1 Å². The number of aromatic nitrogens is 5. The molecule has 3 aromatic heterocycles. The number of anilines is 1. The molecular weight excluding hydrogens is 389 g/mol. The van der Waals surface area contributed by atoms with Crippen LogP contribution in [-0.4, -0.2) is 29.9 Å². The van der Waals surface area contributed by atoms with Crippen LogP contribution in [0.4, 0.5) is 10.3 Å². The monoisotopic (exact) mass is 407 g/mol. The molecule has 10 heteroatoms. The molecule has 1 aromatic carbocycles. The second kappa shape index (κ2) is 7.74. The Hall–Kier alpha value is -4.08. The number of benzene rings is 1. The van der Waals surface area contributed by atoms with Gasteiger partial charge in [-0.15, -0.1) is 0 Å². The van der Waals surface area contributed by atoms with E-state index in [9.17, 15) is 14.0 Å². The van der Waals surface area contributed by atoms with E-state index in [1.54, 1.807) is 43.9 Å². The molecule has 4 rings (SSSR count). The van der Waals surface area contributed by atoms with Crippen LogP contribution in [0.5, 0.6) is 0 Å². The SMILES string of the molecule is Cn1c(N/N=C/c2ccncc2)nc2c1c(=O)n(Cc1cccc(F)c1)c(=O)n2C. The van der Waals surface area contributed by atoms with Gasteiger partial charge in [-0.2, -0.15) is 10.1 Å². The van der Waals surface area contributed by atoms with Crippen LogP contribution < -0.4 is 16.7 Å². The third-order valence-corrected chi connectivity index (χ3v) is 4.67. The second-order valence-corrected chi connectivity index (χ2v) is 6.68. The van der Waals surface area contributed by atoms with Gasteiger partial charge in [0.1, 0.15) is 5.82 Å². The first-order valence-electron chi connectivity index (χ1n) is 9.05. The molecule has 0 aliphatic rings. The second-order valence-electron chi connectivity index (χ2n) is 6.68. The molecule has 1 N–H and O–H groups in total. The molecule has 0 bridgehead atoms. The van der Waals surface area contributed by atoms with Crippen molar-refractivity contribution in [1.29, 1.82) is 0 Å². The number of nitrogens with one attached hydrogen (secondary N) is 1. The first-order valence-corrected chi connectivity index (χ1v) is 9.05. The van der Waals surface area contributed by atoms with Gasteiger partial charge in [0.25, 0.3) is 5.56 Å². The van der Waals surface area contributed by atoms with Crippen molar-refractivity contribution in [2.45, 2.75) is 6.54 Å². The fourth-order valence-corrected chi connectivity index (χ4v) is 3.11. The number of hydrogen-bond donors (Lipinski definition) is 1. The summed E-state index contributed by atoms with van der Waals surface area (Å²) in [5.74, 6) is -0.136. The third kappa shape index (κ3) is 3.50. The van der Waals surface area contributed by atoms with Crippen LogP contribution in [0, 0.1) is 5.82 Å². The van der Waals surface area contributed by atoms with Gasteiger partial charge >= 0.3 is 5.69 Å². The lowest BCUT2D eigenvalue weighted by molar-refractivity contribution is 0.616. The van der Waals surface area contributed by atoms with Crippen molar-refractivity contribution in [2.75, 3.05) is 5.43 Å². The Morgan fingerprint density at radius 2 is 1.90 bits per heavy atom. The van der Waals surface area contributed by atoms with Crippen molar-refractivity contribution >= 4 is 23.3 Å². The molecule has 0 amide bonds. The van der Waals surface area contributed by atoms with Gasteiger partial charge in [-0.05, 0) is 35.4 Å². The summed E-state index contributed by atoms with van der Waals surface area (Å²) in [5, 5.41) is 4.13. The Labute approximate surface area is 169 Å². The Morgan fingerprint density at radius 1 is 1.13 bits per heavy atom. The van der Waals surface area contributed by atoms with Gasteiger partial charge in [0.15, 0.2) is 11.2 Å². The summed E-state index contributed by atoms with van der Waals surface area (Å²) in [5.41, 5.74) is 3.54. The molecule has 9 nitrogen and oxygen atoms in total. The highest BCUT2D eigenvalue weighted by Crippen LogP contribution is 2.14. The minimum Gasteiger partial charge on any atom is -0.306 e. The molecular formula is C20H18FN7O2. The largest absolute Gasteiger partial charge is 0.332 e. The molecule has 4 aromatic rings. The zero-order valence-corrected chi connectivity index (χ0v) is 16.3.